The van der Waals surface area contributed by atoms with Crippen LogP contribution in [0.5, 0.6) is 0 Å². The molecule has 1 N–H and O–H groups in total. The Morgan fingerprint density at radius 1 is 1.09 bits per heavy atom. The third-order valence-electron chi connectivity index (χ3n) is 5.38. The summed E-state index contributed by atoms with van der Waals surface area (Å²) in [4.78, 5) is 39.9. The Morgan fingerprint density at radius 2 is 1.76 bits per heavy atom. The van der Waals surface area contributed by atoms with Gasteiger partial charge in [-0.2, -0.15) is 4.31 Å². The summed E-state index contributed by atoms with van der Waals surface area (Å²) in [6.45, 7) is 5.30. The number of rotatable bonds is 8. The molecular weight excluding hydrogens is 472 g/mol. The van der Waals surface area contributed by atoms with E-state index in [0.29, 0.717) is 24.3 Å². The molecule has 1 aromatic heterocycles. The summed E-state index contributed by atoms with van der Waals surface area (Å²) in [5.74, 6) is -1.96. The van der Waals surface area contributed by atoms with Gasteiger partial charge in [-0.25, -0.2) is 18.0 Å². The molecule has 0 radical (unpaired) electrons. The van der Waals surface area contributed by atoms with E-state index in [1.807, 2.05) is 0 Å². The van der Waals surface area contributed by atoms with Gasteiger partial charge in [0.2, 0.25) is 15.8 Å². The van der Waals surface area contributed by atoms with Gasteiger partial charge in [0.1, 0.15) is 4.90 Å². The van der Waals surface area contributed by atoms with Crippen molar-refractivity contribution in [3.05, 3.63) is 51.3 Å². The standard InChI is InChI=1S/C22H25ClN2O7S/c1-4-31-22(28)19-13(2)20(24-14(19)3)17(26)12-32-21(27)15-7-8-16(23)18(11-15)33(29,30)25-9-5-6-10-25/h7-8,11,24H,4-6,9-10,12H2,1-3H3. The number of halogens is 1. The zero-order valence-electron chi connectivity index (χ0n) is 18.6. The number of ether oxygens (including phenoxy) is 2. The number of nitrogens with one attached hydrogen (secondary N) is 1. The van der Waals surface area contributed by atoms with Gasteiger partial charge >= 0.3 is 11.9 Å². The van der Waals surface area contributed by atoms with Gasteiger partial charge in [-0.1, -0.05) is 11.6 Å². The smallest absolute Gasteiger partial charge is 0.340 e. The maximum absolute atomic E-state index is 12.8. The van der Waals surface area contributed by atoms with Gasteiger partial charge in [0, 0.05) is 18.8 Å². The number of Topliss-reactive ketones (excluding diaryl/α,β-unsaturated/α-hetero) is 1. The second-order valence-electron chi connectivity index (χ2n) is 7.60. The van der Waals surface area contributed by atoms with E-state index >= 15 is 0 Å². The molecular formula is C22H25ClN2O7S. The van der Waals surface area contributed by atoms with Crippen molar-refractivity contribution >= 4 is 39.3 Å². The zero-order valence-corrected chi connectivity index (χ0v) is 20.1. The van der Waals surface area contributed by atoms with Crippen molar-refractivity contribution in [2.45, 2.75) is 38.5 Å². The van der Waals surface area contributed by atoms with Crippen LogP contribution in [0.1, 0.15) is 62.2 Å². The van der Waals surface area contributed by atoms with E-state index in [1.165, 1.54) is 16.4 Å². The highest BCUT2D eigenvalue weighted by Gasteiger charge is 2.30. The first kappa shape index (κ1) is 24.9. The lowest BCUT2D eigenvalue weighted by Crippen LogP contribution is -2.28. The lowest BCUT2D eigenvalue weighted by Gasteiger charge is -2.17. The first-order valence-corrected chi connectivity index (χ1v) is 12.3. The Hall–Kier alpha value is -2.69. The summed E-state index contributed by atoms with van der Waals surface area (Å²) >= 11 is 6.10. The SMILES string of the molecule is CCOC(=O)c1c(C)[nH]c(C(=O)COC(=O)c2ccc(Cl)c(S(=O)(=O)N3CCCC3)c2)c1C. The Kier molecular flexibility index (Phi) is 7.61. The third-order valence-corrected chi connectivity index (χ3v) is 7.76. The number of ketones is 1. The normalized spacial score (nSPS) is 14.3. The van der Waals surface area contributed by atoms with Gasteiger partial charge in [-0.3, -0.25) is 4.79 Å². The molecule has 1 aliphatic rings. The summed E-state index contributed by atoms with van der Waals surface area (Å²) in [7, 11) is -3.84. The summed E-state index contributed by atoms with van der Waals surface area (Å²) < 4.78 is 37.1. The number of carbonyl (C=O) groups excluding carboxylic acids is 3. The predicted molar refractivity (Wildman–Crippen MR) is 120 cm³/mol. The molecule has 0 spiro atoms. The molecule has 0 aliphatic carbocycles. The minimum Gasteiger partial charge on any atom is -0.462 e. The van der Waals surface area contributed by atoms with Crippen LogP contribution < -0.4 is 0 Å². The fourth-order valence-electron chi connectivity index (χ4n) is 3.72. The lowest BCUT2D eigenvalue weighted by molar-refractivity contribution is 0.0472. The number of aryl methyl sites for hydroxylation is 1. The number of H-pyrrole nitrogens is 1. The van der Waals surface area contributed by atoms with Crippen LogP contribution in [0, 0.1) is 13.8 Å². The predicted octanol–water partition coefficient (Wildman–Crippen LogP) is 3.29. The van der Waals surface area contributed by atoms with Crippen LogP contribution in [-0.4, -0.2) is 61.7 Å². The van der Waals surface area contributed by atoms with E-state index in [9.17, 15) is 22.8 Å². The van der Waals surface area contributed by atoms with Gasteiger partial charge in [0.15, 0.2) is 6.61 Å². The quantitative estimate of drug-likeness (QED) is 0.439. The minimum atomic E-state index is -3.84. The molecule has 178 valence electrons. The van der Waals surface area contributed by atoms with Crippen molar-refractivity contribution in [1.82, 2.24) is 9.29 Å². The molecule has 0 amide bonds. The van der Waals surface area contributed by atoms with Crippen molar-refractivity contribution in [2.75, 3.05) is 26.3 Å². The van der Waals surface area contributed by atoms with Crippen LogP contribution in [0.25, 0.3) is 0 Å². The Bertz CT molecular complexity index is 1200. The third kappa shape index (κ3) is 5.13. The van der Waals surface area contributed by atoms with Crippen LogP contribution in [0.4, 0.5) is 0 Å². The topological polar surface area (TPSA) is 123 Å². The maximum atomic E-state index is 12.8. The fourth-order valence-corrected chi connectivity index (χ4v) is 5.74. The number of benzene rings is 1. The van der Waals surface area contributed by atoms with E-state index in [2.05, 4.69) is 4.98 Å². The number of aromatic amines is 1. The van der Waals surface area contributed by atoms with Gasteiger partial charge in [-0.05, 0) is 57.4 Å². The van der Waals surface area contributed by atoms with E-state index in [1.54, 1.807) is 20.8 Å². The second-order valence-corrected chi connectivity index (χ2v) is 9.91. The van der Waals surface area contributed by atoms with Gasteiger partial charge in [0.05, 0.1) is 28.5 Å². The van der Waals surface area contributed by atoms with Crippen molar-refractivity contribution < 1.29 is 32.3 Å². The first-order chi connectivity index (χ1) is 15.6. The summed E-state index contributed by atoms with van der Waals surface area (Å²) in [5.41, 5.74) is 1.22. The molecule has 0 atom stereocenters. The molecule has 0 saturated carbocycles. The van der Waals surface area contributed by atoms with E-state index < -0.39 is 34.4 Å². The van der Waals surface area contributed by atoms with Crippen LogP contribution in [-0.2, 0) is 19.5 Å². The summed E-state index contributed by atoms with van der Waals surface area (Å²) in [6.07, 6.45) is 1.52. The number of aromatic nitrogens is 1. The van der Waals surface area contributed by atoms with E-state index in [-0.39, 0.29) is 33.3 Å². The van der Waals surface area contributed by atoms with Crippen molar-refractivity contribution in [3.63, 3.8) is 0 Å². The van der Waals surface area contributed by atoms with Crippen LogP contribution in [0.2, 0.25) is 5.02 Å². The highest BCUT2D eigenvalue weighted by atomic mass is 35.5. The zero-order chi connectivity index (χ0) is 24.3. The highest BCUT2D eigenvalue weighted by molar-refractivity contribution is 7.89. The summed E-state index contributed by atoms with van der Waals surface area (Å²) in [5, 5.41) is -0.00138. The molecule has 1 fully saturated rings. The molecule has 9 nitrogen and oxygen atoms in total. The number of hydrogen-bond donors (Lipinski definition) is 1. The van der Waals surface area contributed by atoms with Crippen LogP contribution >= 0.6 is 11.6 Å². The lowest BCUT2D eigenvalue weighted by atomic mass is 10.1. The minimum absolute atomic E-state index is 0.00138. The van der Waals surface area contributed by atoms with Crippen molar-refractivity contribution in [3.8, 4) is 0 Å². The number of nitrogens with zero attached hydrogens (tertiary/aromatic N) is 1. The number of sulfonamides is 1. The monoisotopic (exact) mass is 496 g/mol. The molecule has 3 rings (SSSR count). The van der Waals surface area contributed by atoms with Gasteiger partial charge < -0.3 is 14.5 Å². The maximum Gasteiger partial charge on any atom is 0.340 e. The average Bonchev–Trinajstić information content (AvgIpc) is 3.41. The molecule has 0 unspecified atom stereocenters. The highest BCUT2D eigenvalue weighted by Crippen LogP contribution is 2.28. The Balaban J connectivity index is 1.75. The van der Waals surface area contributed by atoms with Crippen LogP contribution in [0.3, 0.4) is 0 Å². The molecule has 2 aromatic rings. The fraction of sp³-hybridized carbons (Fsp3) is 0.409. The summed E-state index contributed by atoms with van der Waals surface area (Å²) in [6, 6.07) is 3.81. The largest absolute Gasteiger partial charge is 0.462 e. The van der Waals surface area contributed by atoms with E-state index in [4.69, 9.17) is 21.1 Å². The number of carbonyl (C=O) groups is 3. The van der Waals surface area contributed by atoms with Gasteiger partial charge in [0.25, 0.3) is 0 Å². The number of hydrogen-bond acceptors (Lipinski definition) is 7. The molecule has 11 heteroatoms. The Labute approximate surface area is 197 Å². The van der Waals surface area contributed by atoms with Crippen LogP contribution in [0.15, 0.2) is 23.1 Å². The first-order valence-electron chi connectivity index (χ1n) is 10.4. The second kappa shape index (κ2) is 10.1. The molecule has 33 heavy (non-hydrogen) atoms. The molecule has 0 bridgehead atoms. The molecule has 1 saturated heterocycles. The van der Waals surface area contributed by atoms with Crippen molar-refractivity contribution in [1.29, 1.82) is 0 Å². The Morgan fingerprint density at radius 3 is 2.39 bits per heavy atom. The molecule has 1 aromatic carbocycles. The number of esters is 2. The average molecular weight is 497 g/mol. The molecule has 1 aliphatic heterocycles. The molecule has 2 heterocycles. The van der Waals surface area contributed by atoms with Gasteiger partial charge in [-0.15, -0.1) is 0 Å². The van der Waals surface area contributed by atoms with E-state index in [0.717, 1.165) is 18.9 Å². The van der Waals surface area contributed by atoms with Crippen molar-refractivity contribution in [2.24, 2.45) is 0 Å².